The van der Waals surface area contributed by atoms with E-state index in [4.69, 9.17) is 0 Å². The summed E-state index contributed by atoms with van der Waals surface area (Å²) >= 11 is 0. The third kappa shape index (κ3) is 6.62. The van der Waals surface area contributed by atoms with E-state index in [0.29, 0.717) is 31.4 Å². The molecule has 42 heavy (non-hydrogen) atoms. The number of halogens is 1. The van der Waals surface area contributed by atoms with Gasteiger partial charge in [-0.1, -0.05) is 57.2 Å². The monoisotopic (exact) mass is 573 g/mol. The molecule has 5 atom stereocenters. The van der Waals surface area contributed by atoms with Crippen molar-refractivity contribution in [3.05, 3.63) is 88.9 Å². The predicted octanol–water partition coefficient (Wildman–Crippen LogP) is 6.25. The van der Waals surface area contributed by atoms with Crippen LogP contribution in [0.1, 0.15) is 80.8 Å². The number of aliphatic hydroxyl groups excluding tert-OH is 1. The number of allylic oxidation sites excluding steroid dienone is 2. The van der Waals surface area contributed by atoms with E-state index >= 15 is 0 Å². The molecule has 5 rings (SSSR count). The molecule has 1 aliphatic heterocycles. The second-order valence-corrected chi connectivity index (χ2v) is 13.2. The highest BCUT2D eigenvalue weighted by Crippen LogP contribution is 2.36. The number of aryl methyl sites for hydroxylation is 1. The molecule has 6 nitrogen and oxygen atoms in total. The van der Waals surface area contributed by atoms with E-state index in [1.807, 2.05) is 24.3 Å². The van der Waals surface area contributed by atoms with E-state index in [9.17, 15) is 19.1 Å². The molecule has 2 aliphatic carbocycles. The Labute approximate surface area is 249 Å². The first kappa shape index (κ1) is 30.0. The molecule has 4 unspecified atom stereocenters. The summed E-state index contributed by atoms with van der Waals surface area (Å²) < 4.78 is 15.0. The number of hydrogen-bond donors (Lipinski definition) is 3. The molecule has 0 aromatic heterocycles. The van der Waals surface area contributed by atoms with Crippen LogP contribution >= 0.6 is 0 Å². The van der Waals surface area contributed by atoms with Crippen molar-refractivity contribution in [1.82, 2.24) is 10.2 Å². The largest absolute Gasteiger partial charge is 0.393 e. The molecule has 224 valence electrons. The number of benzene rings is 2. The van der Waals surface area contributed by atoms with Crippen LogP contribution in [-0.4, -0.2) is 46.6 Å². The summed E-state index contributed by atoms with van der Waals surface area (Å²) in [4.78, 5) is 29.7. The van der Waals surface area contributed by atoms with Crippen molar-refractivity contribution in [2.75, 3.05) is 11.9 Å². The number of rotatable bonds is 6. The van der Waals surface area contributed by atoms with E-state index in [2.05, 4.69) is 49.6 Å². The SMILES string of the molecule is Cc1cccc(F)c1C(=O)N1CCCC(C(=O)Nc2cccc(C(C)(C)C)c2)C1[C@@H]1C=CC(NC2CCC(O)C2)=CC1. The topological polar surface area (TPSA) is 81.7 Å². The second kappa shape index (κ2) is 12.4. The van der Waals surface area contributed by atoms with Crippen molar-refractivity contribution in [2.45, 2.75) is 89.8 Å². The third-order valence-corrected chi connectivity index (χ3v) is 9.06. The zero-order valence-corrected chi connectivity index (χ0v) is 25.2. The number of hydrogen-bond acceptors (Lipinski definition) is 4. The molecule has 1 saturated carbocycles. The number of carbonyl (C=O) groups is 2. The number of nitrogens with zero attached hydrogens (tertiary/aromatic N) is 1. The van der Waals surface area contributed by atoms with Crippen LogP contribution in [0.2, 0.25) is 0 Å². The minimum atomic E-state index is -0.534. The summed E-state index contributed by atoms with van der Waals surface area (Å²) in [5.41, 5.74) is 3.49. The molecule has 0 radical (unpaired) electrons. The summed E-state index contributed by atoms with van der Waals surface area (Å²) in [6.45, 7) is 8.64. The van der Waals surface area contributed by atoms with Crippen LogP contribution in [0.3, 0.4) is 0 Å². The highest BCUT2D eigenvalue weighted by atomic mass is 19.1. The lowest BCUT2D eigenvalue weighted by atomic mass is 9.77. The summed E-state index contributed by atoms with van der Waals surface area (Å²) in [6, 6.07) is 12.5. The van der Waals surface area contributed by atoms with Crippen LogP contribution in [0.25, 0.3) is 0 Å². The van der Waals surface area contributed by atoms with Gasteiger partial charge in [-0.3, -0.25) is 9.59 Å². The van der Waals surface area contributed by atoms with Gasteiger partial charge in [0.2, 0.25) is 5.91 Å². The summed E-state index contributed by atoms with van der Waals surface area (Å²) in [7, 11) is 0. The average Bonchev–Trinajstić information content (AvgIpc) is 3.36. The highest BCUT2D eigenvalue weighted by molar-refractivity contribution is 5.98. The Hall–Kier alpha value is -3.45. The molecule has 2 aromatic rings. The Bertz CT molecular complexity index is 1360. The Morgan fingerprint density at radius 2 is 1.86 bits per heavy atom. The van der Waals surface area contributed by atoms with Crippen LogP contribution in [0.4, 0.5) is 10.1 Å². The zero-order valence-electron chi connectivity index (χ0n) is 25.2. The Morgan fingerprint density at radius 3 is 2.52 bits per heavy atom. The van der Waals surface area contributed by atoms with Crippen molar-refractivity contribution >= 4 is 17.5 Å². The maximum absolute atomic E-state index is 15.0. The van der Waals surface area contributed by atoms with E-state index in [1.54, 1.807) is 24.0 Å². The lowest BCUT2D eigenvalue weighted by Gasteiger charge is -2.44. The maximum Gasteiger partial charge on any atom is 0.257 e. The van der Waals surface area contributed by atoms with E-state index in [1.165, 1.54) is 6.07 Å². The quantitative estimate of drug-likeness (QED) is 0.381. The highest BCUT2D eigenvalue weighted by Gasteiger charge is 2.43. The molecule has 7 heteroatoms. The molecular formula is C35H44FN3O3. The number of aliphatic hydroxyl groups is 1. The zero-order chi connectivity index (χ0) is 30.0. The fourth-order valence-electron chi connectivity index (χ4n) is 6.74. The molecule has 3 aliphatic rings. The number of anilines is 1. The van der Waals surface area contributed by atoms with Gasteiger partial charge in [0, 0.05) is 29.9 Å². The minimum absolute atomic E-state index is 0.0590. The smallest absolute Gasteiger partial charge is 0.257 e. The molecule has 2 fully saturated rings. The lowest BCUT2D eigenvalue weighted by Crippen LogP contribution is -2.55. The number of amides is 2. The number of nitrogens with one attached hydrogen (secondary N) is 2. The van der Waals surface area contributed by atoms with E-state index in [-0.39, 0.29) is 40.9 Å². The molecule has 0 spiro atoms. The Balaban J connectivity index is 1.42. The van der Waals surface area contributed by atoms with Crippen molar-refractivity contribution in [3.8, 4) is 0 Å². The van der Waals surface area contributed by atoms with Gasteiger partial charge in [0.25, 0.3) is 5.91 Å². The molecule has 2 amide bonds. The van der Waals surface area contributed by atoms with Gasteiger partial charge in [0.15, 0.2) is 0 Å². The van der Waals surface area contributed by atoms with Gasteiger partial charge in [0.1, 0.15) is 5.82 Å². The van der Waals surface area contributed by atoms with Gasteiger partial charge in [0.05, 0.1) is 23.6 Å². The maximum atomic E-state index is 15.0. The van der Waals surface area contributed by atoms with Crippen molar-refractivity contribution in [2.24, 2.45) is 11.8 Å². The standard InChI is InChI=1S/C35H44FN3O3/c1-22-8-5-12-30(36)31(22)34(42)39-19-7-11-29(33(41)38-26-10-6-9-24(20-26)35(2,3)4)32(39)23-13-15-25(16-14-23)37-27-17-18-28(40)21-27/h5-6,8-10,12-13,15-16,20,23,27-29,32,37,40H,7,11,14,17-19,21H2,1-4H3,(H,38,41)/t23-,27?,28?,29?,32?/m1/s1. The van der Waals surface area contributed by atoms with E-state index in [0.717, 1.165) is 36.2 Å². The second-order valence-electron chi connectivity index (χ2n) is 13.2. The molecule has 0 bridgehead atoms. The first-order valence-electron chi connectivity index (χ1n) is 15.3. The van der Waals surface area contributed by atoms with Crippen molar-refractivity contribution < 1.29 is 19.1 Å². The summed E-state index contributed by atoms with van der Waals surface area (Å²) in [6.07, 6.45) is 10.4. The van der Waals surface area contributed by atoms with Crippen molar-refractivity contribution in [1.29, 1.82) is 0 Å². The van der Waals surface area contributed by atoms with Gasteiger partial charge in [-0.15, -0.1) is 0 Å². The first-order valence-corrected chi connectivity index (χ1v) is 15.3. The molecule has 2 aromatic carbocycles. The fraction of sp³-hybridized carbons (Fsp3) is 0.486. The molecular weight excluding hydrogens is 529 g/mol. The fourth-order valence-corrected chi connectivity index (χ4v) is 6.74. The van der Waals surface area contributed by atoms with Gasteiger partial charge in [-0.05, 0) is 86.3 Å². The molecule has 1 heterocycles. The van der Waals surface area contributed by atoms with Gasteiger partial charge >= 0.3 is 0 Å². The third-order valence-electron chi connectivity index (χ3n) is 9.06. The van der Waals surface area contributed by atoms with E-state index < -0.39 is 17.8 Å². The van der Waals surface area contributed by atoms with Crippen LogP contribution < -0.4 is 10.6 Å². The Morgan fingerprint density at radius 1 is 1.07 bits per heavy atom. The number of likely N-dealkylation sites (tertiary alicyclic amines) is 1. The van der Waals surface area contributed by atoms with Gasteiger partial charge in [-0.25, -0.2) is 4.39 Å². The predicted molar refractivity (Wildman–Crippen MR) is 165 cm³/mol. The average molecular weight is 574 g/mol. The minimum Gasteiger partial charge on any atom is -0.393 e. The molecule has 1 saturated heterocycles. The summed E-state index contributed by atoms with van der Waals surface area (Å²) in [5, 5.41) is 16.6. The summed E-state index contributed by atoms with van der Waals surface area (Å²) in [5.74, 6) is -1.55. The van der Waals surface area contributed by atoms with Gasteiger partial charge in [-0.2, -0.15) is 0 Å². The molecule has 3 N–H and O–H groups in total. The first-order chi connectivity index (χ1) is 20.0. The normalized spacial score (nSPS) is 26.1. The number of piperidine rings is 1. The van der Waals surface area contributed by atoms with Crippen molar-refractivity contribution in [3.63, 3.8) is 0 Å². The number of carbonyl (C=O) groups excluding carboxylic acids is 2. The van der Waals surface area contributed by atoms with Gasteiger partial charge < -0.3 is 20.6 Å². The van der Waals surface area contributed by atoms with Crippen LogP contribution in [0, 0.1) is 24.6 Å². The van der Waals surface area contributed by atoms with Crippen LogP contribution in [0.5, 0.6) is 0 Å². The van der Waals surface area contributed by atoms with Crippen LogP contribution in [-0.2, 0) is 10.2 Å². The Kier molecular flexibility index (Phi) is 8.88. The lowest BCUT2D eigenvalue weighted by molar-refractivity contribution is -0.123. The van der Waals surface area contributed by atoms with Crippen LogP contribution in [0.15, 0.2) is 66.4 Å².